The molecule has 1 spiro atoms. The van der Waals surface area contributed by atoms with Gasteiger partial charge in [-0.15, -0.1) is 0 Å². The number of halogens is 1. The SMILES string of the molecule is C1CCC2(C1)CCNC2.N#Cc1cc2c(Br)c(NC3CCCCC3)ncc2o1. The van der Waals surface area contributed by atoms with Gasteiger partial charge < -0.3 is 15.1 Å². The lowest BCUT2D eigenvalue weighted by Crippen LogP contribution is -2.23. The zero-order valence-corrected chi connectivity index (χ0v) is 18.0. The third kappa shape index (κ3) is 4.36. The Morgan fingerprint density at radius 2 is 1.96 bits per heavy atom. The maximum atomic E-state index is 8.86. The maximum Gasteiger partial charge on any atom is 0.204 e. The highest BCUT2D eigenvalue weighted by atomic mass is 79.9. The summed E-state index contributed by atoms with van der Waals surface area (Å²) < 4.78 is 6.24. The molecule has 0 bridgehead atoms. The molecule has 2 aromatic rings. The Bertz CT molecular complexity index is 821. The predicted octanol–water partition coefficient (Wildman–Crippen LogP) is 5.75. The van der Waals surface area contributed by atoms with Gasteiger partial charge in [-0.2, -0.15) is 5.26 Å². The molecule has 28 heavy (non-hydrogen) atoms. The maximum absolute atomic E-state index is 8.86. The lowest BCUT2D eigenvalue weighted by molar-refractivity contribution is 0.336. The van der Waals surface area contributed by atoms with Crippen molar-refractivity contribution in [2.24, 2.45) is 5.41 Å². The molecule has 3 aliphatic rings. The topological polar surface area (TPSA) is 73.9 Å². The van der Waals surface area contributed by atoms with E-state index in [-0.39, 0.29) is 0 Å². The molecule has 1 saturated heterocycles. The van der Waals surface area contributed by atoms with Crippen molar-refractivity contribution in [1.82, 2.24) is 10.3 Å². The monoisotopic (exact) mass is 444 g/mol. The molecule has 3 heterocycles. The van der Waals surface area contributed by atoms with E-state index in [4.69, 9.17) is 9.68 Å². The van der Waals surface area contributed by atoms with E-state index in [9.17, 15) is 0 Å². The van der Waals surface area contributed by atoms with Crippen LogP contribution in [0.25, 0.3) is 11.0 Å². The molecule has 0 unspecified atom stereocenters. The number of hydrogen-bond acceptors (Lipinski definition) is 5. The van der Waals surface area contributed by atoms with Gasteiger partial charge in [-0.3, -0.25) is 0 Å². The van der Waals surface area contributed by atoms with Gasteiger partial charge in [-0.1, -0.05) is 32.1 Å². The first-order valence-corrected chi connectivity index (χ1v) is 11.4. The van der Waals surface area contributed by atoms with E-state index < -0.39 is 0 Å². The van der Waals surface area contributed by atoms with Crippen molar-refractivity contribution in [1.29, 1.82) is 5.26 Å². The first kappa shape index (κ1) is 19.7. The number of anilines is 1. The molecule has 0 radical (unpaired) electrons. The smallest absolute Gasteiger partial charge is 0.204 e. The Balaban J connectivity index is 0.000000177. The summed E-state index contributed by atoms with van der Waals surface area (Å²) in [6, 6.07) is 4.25. The van der Waals surface area contributed by atoms with Crippen LogP contribution >= 0.6 is 15.9 Å². The molecular weight excluding hydrogens is 416 g/mol. The Hall–Kier alpha value is -1.58. The van der Waals surface area contributed by atoms with Crippen LogP contribution in [0.2, 0.25) is 0 Å². The fourth-order valence-corrected chi connectivity index (χ4v) is 5.45. The van der Waals surface area contributed by atoms with Gasteiger partial charge in [0.05, 0.1) is 10.7 Å². The highest BCUT2D eigenvalue weighted by molar-refractivity contribution is 9.10. The van der Waals surface area contributed by atoms with Gasteiger partial charge in [0.25, 0.3) is 0 Å². The molecule has 2 aromatic heterocycles. The van der Waals surface area contributed by atoms with E-state index in [1.165, 1.54) is 77.3 Å². The fraction of sp³-hybridized carbons (Fsp3) is 0.636. The quantitative estimate of drug-likeness (QED) is 0.616. The van der Waals surface area contributed by atoms with Crippen molar-refractivity contribution < 1.29 is 4.42 Å². The summed E-state index contributed by atoms with van der Waals surface area (Å²) >= 11 is 3.56. The average Bonchev–Trinajstić information content (AvgIpc) is 3.48. The van der Waals surface area contributed by atoms with Gasteiger partial charge in [-0.05, 0) is 60.0 Å². The number of nitrogens with zero attached hydrogens (tertiary/aromatic N) is 2. The van der Waals surface area contributed by atoms with Crippen LogP contribution in [0.5, 0.6) is 0 Å². The second-order valence-corrected chi connectivity index (χ2v) is 9.33. The van der Waals surface area contributed by atoms with E-state index in [2.05, 4.69) is 31.5 Å². The highest BCUT2D eigenvalue weighted by Crippen LogP contribution is 2.42. The molecule has 2 saturated carbocycles. The molecule has 0 aromatic carbocycles. The van der Waals surface area contributed by atoms with Crippen LogP contribution in [0.1, 0.15) is 70.0 Å². The van der Waals surface area contributed by atoms with Crippen molar-refractivity contribution in [3.8, 4) is 6.07 Å². The average molecular weight is 445 g/mol. The number of aromatic nitrogens is 1. The van der Waals surface area contributed by atoms with Crippen molar-refractivity contribution in [3.05, 3.63) is 22.5 Å². The molecule has 0 amide bonds. The number of pyridine rings is 1. The Labute approximate surface area is 175 Å². The molecule has 1 aliphatic heterocycles. The Morgan fingerprint density at radius 1 is 1.18 bits per heavy atom. The minimum absolute atomic E-state index is 0.312. The molecule has 2 N–H and O–H groups in total. The summed E-state index contributed by atoms with van der Waals surface area (Å²) in [6.45, 7) is 2.59. The van der Waals surface area contributed by atoms with Crippen LogP contribution in [-0.2, 0) is 0 Å². The molecule has 5 rings (SSSR count). The van der Waals surface area contributed by atoms with Crippen molar-refractivity contribution in [2.75, 3.05) is 18.4 Å². The number of nitriles is 1. The van der Waals surface area contributed by atoms with Crippen LogP contribution in [0.15, 0.2) is 21.2 Å². The molecule has 0 atom stereocenters. The molecular formula is C22H29BrN4O. The minimum Gasteiger partial charge on any atom is -0.444 e. The first-order valence-electron chi connectivity index (χ1n) is 10.6. The lowest BCUT2D eigenvalue weighted by Gasteiger charge is -2.23. The number of nitrogens with one attached hydrogen (secondary N) is 2. The molecule has 6 heteroatoms. The molecule has 150 valence electrons. The van der Waals surface area contributed by atoms with Crippen LogP contribution in [-0.4, -0.2) is 24.1 Å². The normalized spacial score (nSPS) is 21.4. The highest BCUT2D eigenvalue weighted by Gasteiger charge is 2.35. The molecule has 5 nitrogen and oxygen atoms in total. The van der Waals surface area contributed by atoms with Gasteiger partial charge in [0.2, 0.25) is 5.76 Å². The number of furan rings is 1. The van der Waals surface area contributed by atoms with Crippen LogP contribution in [0, 0.1) is 16.7 Å². The van der Waals surface area contributed by atoms with Gasteiger partial charge >= 0.3 is 0 Å². The summed E-state index contributed by atoms with van der Waals surface area (Å²) in [5.74, 6) is 1.15. The van der Waals surface area contributed by atoms with E-state index in [1.807, 2.05) is 6.07 Å². The van der Waals surface area contributed by atoms with Gasteiger partial charge in [0, 0.05) is 24.0 Å². The van der Waals surface area contributed by atoms with Crippen LogP contribution < -0.4 is 10.6 Å². The van der Waals surface area contributed by atoms with Crippen LogP contribution in [0.4, 0.5) is 5.82 Å². The first-order chi connectivity index (χ1) is 13.7. The van der Waals surface area contributed by atoms with E-state index in [0.717, 1.165) is 21.1 Å². The third-order valence-corrected chi connectivity index (χ3v) is 7.37. The number of fused-ring (bicyclic) bond motifs is 1. The van der Waals surface area contributed by atoms with Crippen molar-refractivity contribution in [2.45, 2.75) is 70.3 Å². The van der Waals surface area contributed by atoms with E-state index in [0.29, 0.717) is 17.4 Å². The van der Waals surface area contributed by atoms with E-state index in [1.54, 1.807) is 12.3 Å². The number of rotatable bonds is 2. The third-order valence-electron chi connectivity index (χ3n) is 6.57. The van der Waals surface area contributed by atoms with Gasteiger partial charge in [-0.25, -0.2) is 4.98 Å². The Kier molecular flexibility index (Phi) is 6.22. The summed E-state index contributed by atoms with van der Waals surface area (Å²) in [5.41, 5.74) is 1.41. The largest absolute Gasteiger partial charge is 0.444 e. The zero-order chi connectivity index (χ0) is 19.4. The predicted molar refractivity (Wildman–Crippen MR) is 115 cm³/mol. The fourth-order valence-electron chi connectivity index (χ4n) is 4.92. The summed E-state index contributed by atoms with van der Waals surface area (Å²) in [6.07, 6.45) is 15.4. The Morgan fingerprint density at radius 3 is 2.64 bits per heavy atom. The van der Waals surface area contributed by atoms with Gasteiger partial charge in [0.15, 0.2) is 5.58 Å². The van der Waals surface area contributed by atoms with Crippen molar-refractivity contribution >= 4 is 32.7 Å². The second-order valence-electron chi connectivity index (χ2n) is 8.53. The standard InChI is InChI=1S/C14H14BrN3O.C8H15N/c15-13-11-6-10(7-16)19-12(11)8-17-14(13)18-9-4-2-1-3-5-9;1-2-4-8(3-1)5-6-9-7-8/h6,8-9H,1-5H2,(H,17,18);9H,1-7H2. The van der Waals surface area contributed by atoms with E-state index >= 15 is 0 Å². The summed E-state index contributed by atoms with van der Waals surface area (Å²) in [4.78, 5) is 4.39. The summed E-state index contributed by atoms with van der Waals surface area (Å²) in [5, 5.41) is 16.7. The number of hydrogen-bond donors (Lipinski definition) is 2. The van der Waals surface area contributed by atoms with Crippen LogP contribution in [0.3, 0.4) is 0 Å². The molecule has 2 aliphatic carbocycles. The zero-order valence-electron chi connectivity index (χ0n) is 16.4. The minimum atomic E-state index is 0.312. The summed E-state index contributed by atoms with van der Waals surface area (Å²) in [7, 11) is 0. The molecule has 3 fully saturated rings. The second kappa shape index (κ2) is 8.84. The van der Waals surface area contributed by atoms with Gasteiger partial charge in [0.1, 0.15) is 11.9 Å². The lowest BCUT2D eigenvalue weighted by atomic mass is 9.86. The van der Waals surface area contributed by atoms with Crippen molar-refractivity contribution in [3.63, 3.8) is 0 Å².